The second-order valence-corrected chi connectivity index (χ2v) is 7.52. The van der Waals surface area contributed by atoms with Gasteiger partial charge in [0.25, 0.3) is 5.56 Å². The van der Waals surface area contributed by atoms with Gasteiger partial charge in [-0.25, -0.2) is 4.98 Å². The minimum Gasteiger partial charge on any atom is -0.325 e. The van der Waals surface area contributed by atoms with Gasteiger partial charge < -0.3 is 5.32 Å². The van der Waals surface area contributed by atoms with Crippen molar-refractivity contribution < 1.29 is 18.0 Å². The lowest BCUT2D eigenvalue weighted by molar-refractivity contribution is -0.137. The van der Waals surface area contributed by atoms with Crippen molar-refractivity contribution in [1.29, 1.82) is 0 Å². The summed E-state index contributed by atoms with van der Waals surface area (Å²) in [7, 11) is 0. The zero-order valence-electron chi connectivity index (χ0n) is 15.4. The number of carbonyl (C=O) groups excluding carboxylic acids is 1. The van der Waals surface area contributed by atoms with Crippen LogP contribution in [0, 0.1) is 0 Å². The quantitative estimate of drug-likeness (QED) is 0.324. The lowest BCUT2D eigenvalue weighted by Crippen LogP contribution is -2.24. The average Bonchev–Trinajstić information content (AvgIpc) is 2.69. The van der Waals surface area contributed by atoms with Crippen LogP contribution in [0.4, 0.5) is 18.9 Å². The number of thioether (sulfide) groups is 1. The maximum atomic E-state index is 13.2. The summed E-state index contributed by atoms with van der Waals surface area (Å²) in [6.45, 7) is 3.79. The maximum absolute atomic E-state index is 13.2. The van der Waals surface area contributed by atoms with Gasteiger partial charge in [-0.3, -0.25) is 14.2 Å². The molecule has 3 rings (SSSR count). The van der Waals surface area contributed by atoms with Gasteiger partial charge in [-0.05, 0) is 30.3 Å². The fourth-order valence-electron chi connectivity index (χ4n) is 2.72. The third kappa shape index (κ3) is 4.85. The van der Waals surface area contributed by atoms with Crippen LogP contribution in [0.2, 0.25) is 5.02 Å². The van der Waals surface area contributed by atoms with E-state index in [9.17, 15) is 22.8 Å². The summed E-state index contributed by atoms with van der Waals surface area (Å²) in [6.07, 6.45) is -3.16. The van der Waals surface area contributed by atoms with Gasteiger partial charge in [-0.15, -0.1) is 6.58 Å². The molecule has 3 aromatic rings. The van der Waals surface area contributed by atoms with E-state index >= 15 is 0 Å². The first-order chi connectivity index (χ1) is 14.2. The second kappa shape index (κ2) is 8.93. The molecule has 0 aliphatic rings. The predicted octanol–water partition coefficient (Wildman–Crippen LogP) is 4.99. The Morgan fingerprint density at radius 2 is 2.00 bits per heavy atom. The highest BCUT2D eigenvalue weighted by Gasteiger charge is 2.34. The third-order valence-corrected chi connectivity index (χ3v) is 5.24. The van der Waals surface area contributed by atoms with E-state index in [0.29, 0.717) is 10.9 Å². The number of alkyl halides is 3. The highest BCUT2D eigenvalue weighted by atomic mass is 35.5. The molecule has 0 saturated heterocycles. The number of hydrogen-bond donors (Lipinski definition) is 1. The Morgan fingerprint density at radius 3 is 2.70 bits per heavy atom. The molecule has 0 saturated carbocycles. The fourth-order valence-corrected chi connectivity index (χ4v) is 3.70. The number of carbonyl (C=O) groups is 1. The van der Waals surface area contributed by atoms with Crippen LogP contribution in [0.15, 0.2) is 65.1 Å². The molecule has 0 aliphatic carbocycles. The Labute approximate surface area is 178 Å². The lowest BCUT2D eigenvalue weighted by atomic mass is 10.1. The molecule has 30 heavy (non-hydrogen) atoms. The minimum absolute atomic E-state index is 0.0940. The molecule has 1 N–H and O–H groups in total. The number of allylic oxidation sites excluding steroid dienone is 1. The van der Waals surface area contributed by atoms with E-state index in [2.05, 4.69) is 16.9 Å². The smallest absolute Gasteiger partial charge is 0.325 e. The maximum Gasteiger partial charge on any atom is 0.418 e. The van der Waals surface area contributed by atoms with Crippen LogP contribution in [0.25, 0.3) is 10.9 Å². The Bertz CT molecular complexity index is 1180. The molecule has 0 atom stereocenters. The number of nitrogens with one attached hydrogen (secondary N) is 1. The molecule has 0 aliphatic heterocycles. The van der Waals surface area contributed by atoms with Crippen molar-refractivity contribution >= 4 is 45.9 Å². The topological polar surface area (TPSA) is 64.0 Å². The van der Waals surface area contributed by atoms with Crippen LogP contribution in [0.1, 0.15) is 5.56 Å². The molecule has 1 amide bonds. The number of amides is 1. The van der Waals surface area contributed by atoms with Gasteiger partial charge >= 0.3 is 6.18 Å². The van der Waals surface area contributed by atoms with Crippen LogP contribution in [-0.2, 0) is 17.5 Å². The van der Waals surface area contributed by atoms with Gasteiger partial charge in [-0.1, -0.05) is 41.6 Å². The molecule has 0 radical (unpaired) electrons. The van der Waals surface area contributed by atoms with Gasteiger partial charge in [0.05, 0.1) is 27.9 Å². The van der Waals surface area contributed by atoms with E-state index < -0.39 is 23.3 Å². The van der Waals surface area contributed by atoms with Crippen molar-refractivity contribution in [2.45, 2.75) is 17.9 Å². The molecular weight excluding hydrogens is 439 g/mol. The van der Waals surface area contributed by atoms with E-state index in [-0.39, 0.29) is 28.0 Å². The first-order valence-corrected chi connectivity index (χ1v) is 9.97. The zero-order valence-corrected chi connectivity index (χ0v) is 16.9. The molecular formula is C20H15ClF3N3O2S. The van der Waals surface area contributed by atoms with Crippen LogP contribution in [-0.4, -0.2) is 21.2 Å². The molecule has 5 nitrogen and oxygen atoms in total. The van der Waals surface area contributed by atoms with Crippen molar-refractivity contribution in [1.82, 2.24) is 9.55 Å². The molecule has 0 fully saturated rings. The largest absolute Gasteiger partial charge is 0.418 e. The van der Waals surface area contributed by atoms with E-state index in [0.717, 1.165) is 23.9 Å². The molecule has 156 valence electrons. The summed E-state index contributed by atoms with van der Waals surface area (Å²) in [5.74, 6) is -0.928. The standard InChI is InChI=1S/C20H15ClF3N3O2S/c1-2-9-27-18(29)13-5-3-4-6-15(13)26-19(27)30-11-17(28)25-16-8-7-12(21)10-14(16)20(22,23)24/h2-8,10H,1,9,11H2,(H,25,28). The first kappa shape index (κ1) is 21.9. The molecule has 10 heteroatoms. The van der Waals surface area contributed by atoms with E-state index in [1.165, 1.54) is 16.7 Å². The summed E-state index contributed by atoms with van der Waals surface area (Å²) < 4.78 is 40.9. The lowest BCUT2D eigenvalue weighted by Gasteiger charge is -2.14. The number of aromatic nitrogens is 2. The van der Waals surface area contributed by atoms with Crippen molar-refractivity contribution in [3.05, 3.63) is 76.1 Å². The predicted molar refractivity (Wildman–Crippen MR) is 112 cm³/mol. The van der Waals surface area contributed by atoms with Crippen molar-refractivity contribution in [2.24, 2.45) is 0 Å². The Balaban J connectivity index is 1.83. The molecule has 0 spiro atoms. The molecule has 1 heterocycles. The highest BCUT2D eigenvalue weighted by Crippen LogP contribution is 2.36. The normalized spacial score (nSPS) is 11.5. The SMILES string of the molecule is C=CCn1c(SCC(=O)Nc2ccc(Cl)cc2C(F)(F)F)nc2ccccc2c1=O. The summed E-state index contributed by atoms with van der Waals surface area (Å²) in [5.41, 5.74) is -1.27. The van der Waals surface area contributed by atoms with Crippen molar-refractivity contribution in [3.63, 3.8) is 0 Å². The Morgan fingerprint density at radius 1 is 1.27 bits per heavy atom. The Hall–Kier alpha value is -2.78. The molecule has 0 bridgehead atoms. The first-order valence-electron chi connectivity index (χ1n) is 8.60. The van der Waals surface area contributed by atoms with Crippen molar-refractivity contribution in [3.8, 4) is 0 Å². The highest BCUT2D eigenvalue weighted by molar-refractivity contribution is 7.99. The van der Waals surface area contributed by atoms with Crippen LogP contribution in [0.5, 0.6) is 0 Å². The summed E-state index contributed by atoms with van der Waals surface area (Å²) >= 11 is 6.59. The summed E-state index contributed by atoms with van der Waals surface area (Å²) in [5, 5.41) is 2.84. The monoisotopic (exact) mass is 453 g/mol. The minimum atomic E-state index is -4.68. The summed E-state index contributed by atoms with van der Waals surface area (Å²) in [4.78, 5) is 29.4. The van der Waals surface area contributed by atoms with E-state index in [1.54, 1.807) is 24.3 Å². The Kier molecular flexibility index (Phi) is 6.52. The third-order valence-electron chi connectivity index (χ3n) is 4.03. The molecule has 2 aromatic carbocycles. The number of anilines is 1. The second-order valence-electron chi connectivity index (χ2n) is 6.14. The fraction of sp³-hybridized carbons (Fsp3) is 0.150. The molecule has 0 unspecified atom stereocenters. The number of halogens is 4. The average molecular weight is 454 g/mol. The van der Waals surface area contributed by atoms with Crippen LogP contribution in [0.3, 0.4) is 0 Å². The van der Waals surface area contributed by atoms with Gasteiger partial charge in [0.2, 0.25) is 5.91 Å². The number of rotatable bonds is 6. The number of hydrogen-bond acceptors (Lipinski definition) is 4. The number of benzene rings is 2. The number of fused-ring (bicyclic) bond motifs is 1. The van der Waals surface area contributed by atoms with Crippen LogP contribution >= 0.6 is 23.4 Å². The van der Waals surface area contributed by atoms with E-state index in [4.69, 9.17) is 11.6 Å². The van der Waals surface area contributed by atoms with Crippen LogP contribution < -0.4 is 10.9 Å². The van der Waals surface area contributed by atoms with Gasteiger partial charge in [-0.2, -0.15) is 13.2 Å². The summed E-state index contributed by atoms with van der Waals surface area (Å²) in [6, 6.07) is 9.85. The number of nitrogens with zero attached hydrogens (tertiary/aromatic N) is 2. The van der Waals surface area contributed by atoms with Gasteiger partial charge in [0.15, 0.2) is 5.16 Å². The zero-order chi connectivity index (χ0) is 21.9. The van der Waals surface area contributed by atoms with E-state index in [1.807, 2.05) is 0 Å². The van der Waals surface area contributed by atoms with Gasteiger partial charge in [0, 0.05) is 11.6 Å². The number of para-hydroxylation sites is 1. The van der Waals surface area contributed by atoms with Gasteiger partial charge in [0.1, 0.15) is 0 Å². The molecule has 1 aromatic heterocycles. The van der Waals surface area contributed by atoms with Crippen molar-refractivity contribution in [2.75, 3.05) is 11.1 Å².